The molecular weight excluding hydrogens is 252 g/mol. The molecule has 0 aromatic rings. The van der Waals surface area contributed by atoms with Gasteiger partial charge in [-0.15, -0.1) is 0 Å². The van der Waals surface area contributed by atoms with Gasteiger partial charge in [-0.3, -0.25) is 0 Å². The molecule has 2 unspecified atom stereocenters. The monoisotopic (exact) mass is 278 g/mol. The minimum Gasteiger partial charge on any atom is -0.478 e. The van der Waals surface area contributed by atoms with E-state index >= 15 is 0 Å². The number of carbonyl (C=O) groups is 1. The predicted molar refractivity (Wildman–Crippen MR) is 71.7 cm³/mol. The fourth-order valence-corrected chi connectivity index (χ4v) is 0.493. The van der Waals surface area contributed by atoms with Crippen LogP contribution in [0.1, 0.15) is 27.7 Å². The summed E-state index contributed by atoms with van der Waals surface area (Å²) < 4.78 is 9.31. The molecule has 0 spiro atoms. The Kier molecular flexibility index (Phi) is 10.6. The molecule has 1 saturated heterocycles. The summed E-state index contributed by atoms with van der Waals surface area (Å²) in [5.41, 5.74) is -0.385. The average Bonchev–Trinajstić information content (AvgIpc) is 3.11. The highest BCUT2D eigenvalue weighted by Gasteiger charge is 2.26. The Labute approximate surface area is 114 Å². The van der Waals surface area contributed by atoms with E-state index in [1.807, 2.05) is 0 Å². The zero-order valence-electron chi connectivity index (χ0n) is 12.3. The van der Waals surface area contributed by atoms with Gasteiger partial charge < -0.3 is 24.8 Å². The van der Waals surface area contributed by atoms with Gasteiger partial charge in [0.25, 0.3) is 0 Å². The third-order valence-corrected chi connectivity index (χ3v) is 2.16. The number of aliphatic hydroxyl groups excluding tert-OH is 2. The molecule has 0 saturated carbocycles. The van der Waals surface area contributed by atoms with Gasteiger partial charge >= 0.3 is 5.97 Å². The first-order valence-electron chi connectivity index (χ1n) is 5.90. The number of aliphatic hydroxyl groups is 2. The van der Waals surface area contributed by atoms with E-state index in [1.54, 1.807) is 13.8 Å². The quantitative estimate of drug-likeness (QED) is 0.403. The number of carboxylic acid groups (broad SMARTS) is 1. The molecule has 0 bridgehead atoms. The van der Waals surface area contributed by atoms with Crippen molar-refractivity contribution in [3.8, 4) is 0 Å². The lowest BCUT2D eigenvalue weighted by Gasteiger charge is -2.26. The van der Waals surface area contributed by atoms with Crippen molar-refractivity contribution in [1.29, 1.82) is 0 Å². The molecule has 0 aromatic carbocycles. The summed E-state index contributed by atoms with van der Waals surface area (Å²) in [5.74, 6) is -0.935. The number of epoxide rings is 1. The molecular formula is C13H26O6. The van der Waals surface area contributed by atoms with E-state index in [4.69, 9.17) is 20.1 Å². The smallest absolute Gasteiger partial charge is 0.330 e. The van der Waals surface area contributed by atoms with E-state index in [9.17, 15) is 4.79 Å². The van der Waals surface area contributed by atoms with Crippen molar-refractivity contribution >= 4 is 5.97 Å². The van der Waals surface area contributed by atoms with Gasteiger partial charge in [0.2, 0.25) is 0 Å². The molecule has 0 amide bonds. The van der Waals surface area contributed by atoms with Crippen molar-refractivity contribution in [2.45, 2.75) is 40.1 Å². The number of hydrogen-bond acceptors (Lipinski definition) is 5. The lowest BCUT2D eigenvalue weighted by atomic mass is 9.94. The lowest BCUT2D eigenvalue weighted by molar-refractivity contribution is -0.158. The van der Waals surface area contributed by atoms with E-state index in [1.165, 1.54) is 14.0 Å². The first kappa shape index (κ1) is 20.4. The molecule has 6 heteroatoms. The minimum atomic E-state index is -0.935. The van der Waals surface area contributed by atoms with Crippen LogP contribution in [0.3, 0.4) is 0 Å². The van der Waals surface area contributed by atoms with Gasteiger partial charge in [0, 0.05) is 18.1 Å². The molecule has 1 aliphatic rings. The van der Waals surface area contributed by atoms with Crippen molar-refractivity contribution in [3.63, 3.8) is 0 Å². The second kappa shape index (κ2) is 9.91. The number of carboxylic acids is 1. The summed E-state index contributed by atoms with van der Waals surface area (Å²) in [6.45, 7) is 11.0. The molecule has 6 nitrogen and oxygen atoms in total. The standard InChI is InChI=1S/C6H14O3.C4H6O2.C3H6O/c1-6(2,4-7)5(8)9-3;1-3(2)4(5)6;1-3-2-4-3/h5,7-8H,4H2,1-3H3;1H2,2H3,(H,5,6);3H,2H2,1H3. The zero-order chi connectivity index (χ0) is 15.6. The van der Waals surface area contributed by atoms with Gasteiger partial charge in [-0.2, -0.15) is 0 Å². The summed E-state index contributed by atoms with van der Waals surface area (Å²) in [6, 6.07) is 0. The molecule has 19 heavy (non-hydrogen) atoms. The van der Waals surface area contributed by atoms with Gasteiger partial charge in [0.05, 0.1) is 19.3 Å². The fraction of sp³-hybridized carbons (Fsp3) is 0.769. The highest BCUT2D eigenvalue weighted by Crippen LogP contribution is 2.19. The van der Waals surface area contributed by atoms with Gasteiger partial charge in [-0.1, -0.05) is 20.4 Å². The minimum absolute atomic E-state index is 0.0813. The normalized spacial score (nSPS) is 18.2. The number of rotatable bonds is 4. The summed E-state index contributed by atoms with van der Waals surface area (Å²) in [7, 11) is 1.40. The van der Waals surface area contributed by atoms with Crippen molar-refractivity contribution in [2.75, 3.05) is 20.3 Å². The van der Waals surface area contributed by atoms with Crippen LogP contribution >= 0.6 is 0 Å². The van der Waals surface area contributed by atoms with Crippen LogP contribution in [0.5, 0.6) is 0 Å². The third kappa shape index (κ3) is 13.3. The van der Waals surface area contributed by atoms with Gasteiger partial charge in [-0.25, -0.2) is 4.79 Å². The topological polar surface area (TPSA) is 99.5 Å². The van der Waals surface area contributed by atoms with Gasteiger partial charge in [-0.05, 0) is 13.8 Å². The molecule has 1 aliphatic heterocycles. The molecule has 2 atom stereocenters. The van der Waals surface area contributed by atoms with Crippen molar-refractivity contribution in [3.05, 3.63) is 12.2 Å². The Balaban J connectivity index is 0. The third-order valence-electron chi connectivity index (χ3n) is 2.16. The number of methoxy groups -OCH3 is 1. The molecule has 0 radical (unpaired) electrons. The van der Waals surface area contributed by atoms with E-state index in [2.05, 4.69) is 18.2 Å². The molecule has 0 aliphatic carbocycles. The Morgan fingerprint density at radius 2 is 1.89 bits per heavy atom. The first-order chi connectivity index (χ1) is 8.58. The summed E-state index contributed by atoms with van der Waals surface area (Å²) in [5, 5.41) is 25.6. The Morgan fingerprint density at radius 3 is 1.95 bits per heavy atom. The highest BCUT2D eigenvalue weighted by molar-refractivity contribution is 5.84. The van der Waals surface area contributed by atoms with Crippen LogP contribution in [0.25, 0.3) is 0 Å². The highest BCUT2D eigenvalue weighted by atomic mass is 16.6. The first-order valence-corrected chi connectivity index (χ1v) is 5.90. The lowest BCUT2D eigenvalue weighted by Crippen LogP contribution is -2.33. The number of aliphatic carboxylic acids is 1. The molecule has 0 aromatic heterocycles. The second-order valence-corrected chi connectivity index (χ2v) is 4.96. The van der Waals surface area contributed by atoms with Gasteiger partial charge in [0.15, 0.2) is 6.29 Å². The summed E-state index contributed by atoms with van der Waals surface area (Å²) >= 11 is 0. The van der Waals surface area contributed by atoms with Crippen molar-refractivity contribution in [2.24, 2.45) is 5.41 Å². The SMILES string of the molecule is C=C(C)C(=O)O.CC1CO1.COC(O)C(C)(C)CO. The Bertz CT molecular complexity index is 258. The van der Waals surface area contributed by atoms with Crippen LogP contribution < -0.4 is 0 Å². The average molecular weight is 278 g/mol. The summed E-state index contributed by atoms with van der Waals surface area (Å²) in [4.78, 5) is 9.60. The molecule has 1 heterocycles. The maximum atomic E-state index is 9.60. The van der Waals surface area contributed by atoms with Crippen LogP contribution in [0.2, 0.25) is 0 Å². The fourth-order valence-electron chi connectivity index (χ4n) is 0.493. The van der Waals surface area contributed by atoms with Crippen molar-refractivity contribution < 1.29 is 29.6 Å². The predicted octanol–water partition coefficient (Wildman–Crippen LogP) is 1.02. The maximum absolute atomic E-state index is 9.60. The maximum Gasteiger partial charge on any atom is 0.330 e. The van der Waals surface area contributed by atoms with E-state index in [-0.39, 0.29) is 12.2 Å². The van der Waals surface area contributed by atoms with E-state index in [0.717, 1.165) is 6.61 Å². The van der Waals surface area contributed by atoms with E-state index in [0.29, 0.717) is 6.10 Å². The summed E-state index contributed by atoms with van der Waals surface area (Å²) in [6.07, 6.45) is -0.303. The van der Waals surface area contributed by atoms with Crippen LogP contribution in [0.4, 0.5) is 0 Å². The largest absolute Gasteiger partial charge is 0.478 e. The molecule has 3 N–H and O–H groups in total. The van der Waals surface area contributed by atoms with Gasteiger partial charge in [0.1, 0.15) is 0 Å². The van der Waals surface area contributed by atoms with Crippen LogP contribution in [0.15, 0.2) is 12.2 Å². The molecule has 114 valence electrons. The zero-order valence-corrected chi connectivity index (χ0v) is 12.3. The van der Waals surface area contributed by atoms with Crippen LogP contribution in [0, 0.1) is 5.41 Å². The number of hydrogen-bond donors (Lipinski definition) is 3. The Hall–Kier alpha value is -0.950. The van der Waals surface area contributed by atoms with Crippen LogP contribution in [-0.4, -0.2) is 54.0 Å². The van der Waals surface area contributed by atoms with Crippen molar-refractivity contribution in [1.82, 2.24) is 0 Å². The van der Waals surface area contributed by atoms with Crippen LogP contribution in [-0.2, 0) is 14.3 Å². The Morgan fingerprint density at radius 1 is 1.58 bits per heavy atom. The molecule has 1 rings (SSSR count). The van der Waals surface area contributed by atoms with E-state index < -0.39 is 17.7 Å². The number of ether oxygens (including phenoxy) is 2. The second-order valence-electron chi connectivity index (χ2n) is 4.96. The molecule has 1 fully saturated rings.